The molecular weight excluding hydrogens is 276 g/mol. The highest BCUT2D eigenvalue weighted by molar-refractivity contribution is 6.77. The van der Waals surface area contributed by atoms with Crippen LogP contribution in [0.5, 0.6) is 0 Å². The van der Waals surface area contributed by atoms with Crippen LogP contribution >= 0.6 is 0 Å². The Morgan fingerprint density at radius 2 is 1.52 bits per heavy atom. The van der Waals surface area contributed by atoms with Gasteiger partial charge >= 0.3 is 0 Å². The number of hydrogen-bond acceptors (Lipinski definition) is 2. The molecule has 0 aliphatic rings. The van der Waals surface area contributed by atoms with Gasteiger partial charge < -0.3 is 9.53 Å². The largest absolute Gasteiger partial charge is 0.402 e. The molecule has 0 saturated heterocycles. The molecule has 3 heteroatoms. The molecule has 21 heavy (non-hydrogen) atoms. The van der Waals surface area contributed by atoms with Crippen molar-refractivity contribution in [3.63, 3.8) is 0 Å². The van der Waals surface area contributed by atoms with Gasteiger partial charge in [0.15, 0.2) is 0 Å². The van der Waals surface area contributed by atoms with E-state index in [1.807, 2.05) is 13.0 Å². The highest BCUT2D eigenvalue weighted by Crippen LogP contribution is 2.43. The maximum absolute atomic E-state index is 9.18. The second-order valence-corrected chi connectivity index (χ2v) is 12.5. The van der Waals surface area contributed by atoms with Crippen LogP contribution in [0.4, 0.5) is 0 Å². The van der Waals surface area contributed by atoms with Crippen LogP contribution in [0.2, 0.25) is 16.6 Å². The summed E-state index contributed by atoms with van der Waals surface area (Å²) in [5.74, 6) is 2.95. The molecular formula is C18H34O2Si. The Morgan fingerprint density at radius 3 is 1.81 bits per heavy atom. The van der Waals surface area contributed by atoms with Crippen LogP contribution in [0.25, 0.3) is 0 Å². The fourth-order valence-electron chi connectivity index (χ4n) is 3.51. The van der Waals surface area contributed by atoms with E-state index in [-0.39, 0.29) is 18.6 Å². The normalized spacial score (nSPS) is 16.4. The molecule has 0 bridgehead atoms. The number of aliphatic hydroxyl groups is 1. The van der Waals surface area contributed by atoms with Gasteiger partial charge in [-0.1, -0.05) is 66.0 Å². The van der Waals surface area contributed by atoms with Crippen molar-refractivity contribution >= 4 is 8.32 Å². The molecule has 2 nitrogen and oxygen atoms in total. The van der Waals surface area contributed by atoms with Crippen LogP contribution in [0.3, 0.4) is 0 Å². The molecule has 0 fully saturated rings. The lowest BCUT2D eigenvalue weighted by Gasteiger charge is -2.44. The number of hydrogen-bond donors (Lipinski definition) is 1. The third kappa shape index (κ3) is 4.98. The second kappa shape index (κ2) is 8.78. The van der Waals surface area contributed by atoms with Gasteiger partial charge in [-0.2, -0.15) is 0 Å². The highest BCUT2D eigenvalue weighted by atomic mass is 28.4. The van der Waals surface area contributed by atoms with E-state index in [1.165, 1.54) is 0 Å². The van der Waals surface area contributed by atoms with E-state index >= 15 is 0 Å². The first-order valence-corrected chi connectivity index (χ1v) is 10.2. The summed E-state index contributed by atoms with van der Waals surface area (Å²) in [7, 11) is -1.97. The van der Waals surface area contributed by atoms with E-state index in [9.17, 15) is 5.11 Å². The van der Waals surface area contributed by atoms with Gasteiger partial charge in [0.05, 0.1) is 6.61 Å². The van der Waals surface area contributed by atoms with Crippen LogP contribution in [-0.4, -0.2) is 26.1 Å². The summed E-state index contributed by atoms with van der Waals surface area (Å²) in [5.41, 5.74) is 2.49. The van der Waals surface area contributed by atoms with Gasteiger partial charge in [0.2, 0.25) is 8.32 Å². The van der Waals surface area contributed by atoms with E-state index < -0.39 is 8.32 Å². The number of aliphatic hydroxyl groups excluding tert-OH is 1. The smallest absolute Gasteiger partial charge is 0.202 e. The monoisotopic (exact) mass is 310 g/mol. The van der Waals surface area contributed by atoms with Gasteiger partial charge in [-0.15, -0.1) is 6.42 Å². The van der Waals surface area contributed by atoms with Crippen molar-refractivity contribution in [1.82, 2.24) is 0 Å². The van der Waals surface area contributed by atoms with Crippen LogP contribution in [0.15, 0.2) is 11.6 Å². The van der Waals surface area contributed by atoms with Gasteiger partial charge in [0.25, 0.3) is 0 Å². The molecule has 2 atom stereocenters. The van der Waals surface area contributed by atoms with Gasteiger partial charge in [-0.3, -0.25) is 0 Å². The molecule has 0 unspecified atom stereocenters. The minimum Gasteiger partial charge on any atom is -0.402 e. The molecule has 0 aromatic rings. The van der Waals surface area contributed by atoms with Crippen LogP contribution in [0, 0.1) is 18.3 Å². The fraction of sp³-hybridized carbons (Fsp3) is 0.778. The Kier molecular flexibility index (Phi) is 8.54. The van der Waals surface area contributed by atoms with E-state index in [2.05, 4.69) is 54.4 Å². The van der Waals surface area contributed by atoms with Gasteiger partial charge in [0, 0.05) is 5.92 Å². The molecule has 0 aromatic carbocycles. The summed E-state index contributed by atoms with van der Waals surface area (Å²) >= 11 is 0. The quantitative estimate of drug-likeness (QED) is 0.398. The summed E-state index contributed by atoms with van der Waals surface area (Å²) < 4.78 is 6.66. The van der Waals surface area contributed by atoms with Crippen molar-refractivity contribution in [2.45, 2.75) is 78.1 Å². The first kappa shape index (κ1) is 20.4. The molecule has 0 aliphatic heterocycles. The Labute approximate surface area is 133 Å². The summed E-state index contributed by atoms with van der Waals surface area (Å²) in [5, 5.41) is 9.18. The minimum atomic E-state index is -1.97. The van der Waals surface area contributed by atoms with Crippen molar-refractivity contribution in [3.8, 4) is 12.3 Å². The lowest BCUT2D eigenvalue weighted by Crippen LogP contribution is -2.51. The Balaban J connectivity index is 5.45. The fourth-order valence-corrected chi connectivity index (χ4v) is 9.05. The molecule has 0 aliphatic carbocycles. The van der Waals surface area contributed by atoms with Crippen LogP contribution in [0.1, 0.15) is 55.4 Å². The van der Waals surface area contributed by atoms with Crippen molar-refractivity contribution in [1.29, 1.82) is 0 Å². The predicted molar refractivity (Wildman–Crippen MR) is 94.8 cm³/mol. The first-order chi connectivity index (χ1) is 9.63. The number of rotatable bonds is 8. The first-order valence-electron chi connectivity index (χ1n) is 8.05. The zero-order valence-electron chi connectivity index (χ0n) is 15.1. The number of terminal acetylenes is 1. The highest BCUT2D eigenvalue weighted by Gasteiger charge is 2.46. The Hall–Kier alpha value is -0.563. The minimum absolute atomic E-state index is 0.0722. The summed E-state index contributed by atoms with van der Waals surface area (Å²) in [6.07, 6.45) is 7.57. The summed E-state index contributed by atoms with van der Waals surface area (Å²) in [4.78, 5) is 0. The lowest BCUT2D eigenvalue weighted by atomic mass is 10.0. The molecule has 0 rings (SSSR count). The van der Waals surface area contributed by atoms with Crippen molar-refractivity contribution in [2.24, 2.45) is 5.92 Å². The van der Waals surface area contributed by atoms with Gasteiger partial charge in [-0.25, -0.2) is 0 Å². The summed E-state index contributed by atoms with van der Waals surface area (Å²) in [6.45, 7) is 17.6. The lowest BCUT2D eigenvalue weighted by molar-refractivity contribution is 0.190. The Bertz CT molecular complexity index is 355. The third-order valence-corrected chi connectivity index (χ3v) is 10.6. The molecule has 0 radical (unpaired) electrons. The summed E-state index contributed by atoms with van der Waals surface area (Å²) in [6, 6.07) is 0. The van der Waals surface area contributed by atoms with E-state index in [4.69, 9.17) is 10.8 Å². The third-order valence-electron chi connectivity index (χ3n) is 4.48. The molecule has 0 heterocycles. The standard InChI is InChI=1S/C18H34O2Si/c1-10-18(17(9)11-16(8)12-19)20-21(13(2)3,14(4)5)15(6)7/h1,11,13-15,17-19H,12H2,2-9H3/b16-11+/t17-,18-/m1/s1. The average Bonchev–Trinajstić information content (AvgIpc) is 2.38. The molecule has 0 spiro atoms. The average molecular weight is 311 g/mol. The van der Waals surface area contributed by atoms with Gasteiger partial charge in [-0.05, 0) is 23.5 Å². The van der Waals surface area contributed by atoms with Gasteiger partial charge in [0.1, 0.15) is 6.10 Å². The van der Waals surface area contributed by atoms with E-state index in [1.54, 1.807) is 0 Å². The molecule has 0 saturated carbocycles. The zero-order valence-corrected chi connectivity index (χ0v) is 16.1. The topological polar surface area (TPSA) is 29.5 Å². The van der Waals surface area contributed by atoms with Crippen molar-refractivity contribution in [2.75, 3.05) is 6.61 Å². The molecule has 0 aromatic heterocycles. The maximum atomic E-state index is 9.18. The predicted octanol–water partition coefficient (Wildman–Crippen LogP) is 4.76. The van der Waals surface area contributed by atoms with E-state index in [0.717, 1.165) is 5.57 Å². The SMILES string of the molecule is C#C[C@@H](O[Si](C(C)C)(C(C)C)C(C)C)[C@H](C)/C=C(\C)CO. The van der Waals surface area contributed by atoms with Crippen molar-refractivity contribution < 1.29 is 9.53 Å². The molecule has 1 N–H and O–H groups in total. The van der Waals surface area contributed by atoms with Crippen LogP contribution < -0.4 is 0 Å². The van der Waals surface area contributed by atoms with E-state index in [0.29, 0.717) is 16.6 Å². The Morgan fingerprint density at radius 1 is 1.10 bits per heavy atom. The van der Waals surface area contributed by atoms with Crippen molar-refractivity contribution in [3.05, 3.63) is 11.6 Å². The maximum Gasteiger partial charge on any atom is 0.202 e. The molecule has 0 amide bonds. The van der Waals surface area contributed by atoms with Crippen LogP contribution in [-0.2, 0) is 4.43 Å². The second-order valence-electron chi connectivity index (χ2n) is 7.05. The molecule has 122 valence electrons. The zero-order chi connectivity index (χ0) is 16.8.